The van der Waals surface area contributed by atoms with Gasteiger partial charge in [-0.1, -0.05) is 19.3 Å². The third-order valence-corrected chi connectivity index (χ3v) is 4.71. The molecule has 1 aliphatic carbocycles. The second kappa shape index (κ2) is 5.78. The van der Waals surface area contributed by atoms with Crippen LogP contribution in [0.1, 0.15) is 56.9 Å². The van der Waals surface area contributed by atoms with Crippen LogP contribution in [0.3, 0.4) is 0 Å². The Hall–Kier alpha value is -0.410. The molecule has 0 radical (unpaired) electrons. The van der Waals surface area contributed by atoms with Gasteiger partial charge in [0.15, 0.2) is 0 Å². The standard InChI is InChI=1S/C13H22N2S/c1-10(12-6-4-3-5-7-12)15-11(2)13-8-14-9-16-13/h8-12,15H,3-7H2,1-2H3/t10-,11?/m0/s1. The number of hydrogen-bond donors (Lipinski definition) is 1. The van der Waals surface area contributed by atoms with E-state index in [1.165, 1.54) is 37.0 Å². The largest absolute Gasteiger partial charge is 0.307 e. The van der Waals surface area contributed by atoms with Crippen LogP contribution in [-0.4, -0.2) is 11.0 Å². The molecule has 0 saturated heterocycles. The second-order valence-corrected chi connectivity index (χ2v) is 5.90. The Kier molecular flexibility index (Phi) is 4.36. The summed E-state index contributed by atoms with van der Waals surface area (Å²) in [6.45, 7) is 4.58. The molecule has 1 unspecified atom stereocenters. The van der Waals surface area contributed by atoms with E-state index in [0.29, 0.717) is 12.1 Å². The highest BCUT2D eigenvalue weighted by Crippen LogP contribution is 2.28. The van der Waals surface area contributed by atoms with Crippen molar-refractivity contribution in [2.45, 2.75) is 58.0 Å². The van der Waals surface area contributed by atoms with Gasteiger partial charge in [0, 0.05) is 23.2 Å². The third-order valence-electron chi connectivity index (χ3n) is 3.75. The van der Waals surface area contributed by atoms with Crippen LogP contribution >= 0.6 is 11.3 Å². The summed E-state index contributed by atoms with van der Waals surface area (Å²) >= 11 is 1.75. The molecule has 0 spiro atoms. The third kappa shape index (κ3) is 3.05. The quantitative estimate of drug-likeness (QED) is 0.864. The summed E-state index contributed by atoms with van der Waals surface area (Å²) in [4.78, 5) is 5.49. The normalized spacial score (nSPS) is 21.9. The van der Waals surface area contributed by atoms with E-state index in [9.17, 15) is 0 Å². The Morgan fingerprint density at radius 3 is 2.69 bits per heavy atom. The van der Waals surface area contributed by atoms with Crippen molar-refractivity contribution in [3.05, 3.63) is 16.6 Å². The summed E-state index contributed by atoms with van der Waals surface area (Å²) in [7, 11) is 0. The molecule has 1 aromatic rings. The average Bonchev–Trinajstić information content (AvgIpc) is 2.83. The first kappa shape index (κ1) is 12.1. The minimum atomic E-state index is 0.449. The summed E-state index contributed by atoms with van der Waals surface area (Å²) in [5, 5.41) is 3.72. The lowest BCUT2D eigenvalue weighted by Crippen LogP contribution is -2.36. The van der Waals surface area contributed by atoms with Crippen LogP contribution in [0, 0.1) is 5.92 Å². The van der Waals surface area contributed by atoms with Gasteiger partial charge in [-0.3, -0.25) is 4.98 Å². The van der Waals surface area contributed by atoms with E-state index in [4.69, 9.17) is 0 Å². The lowest BCUT2D eigenvalue weighted by atomic mass is 9.84. The Morgan fingerprint density at radius 1 is 1.31 bits per heavy atom. The van der Waals surface area contributed by atoms with E-state index in [-0.39, 0.29) is 0 Å². The zero-order valence-electron chi connectivity index (χ0n) is 10.3. The maximum absolute atomic E-state index is 4.14. The molecule has 0 bridgehead atoms. The number of aromatic nitrogens is 1. The Labute approximate surface area is 102 Å². The Bertz CT molecular complexity index is 291. The van der Waals surface area contributed by atoms with Crippen LogP contribution in [0.15, 0.2) is 11.7 Å². The highest BCUT2D eigenvalue weighted by atomic mass is 32.1. The number of nitrogens with zero attached hydrogens (tertiary/aromatic N) is 1. The van der Waals surface area contributed by atoms with E-state index >= 15 is 0 Å². The minimum absolute atomic E-state index is 0.449. The zero-order chi connectivity index (χ0) is 11.4. The topological polar surface area (TPSA) is 24.9 Å². The van der Waals surface area contributed by atoms with E-state index in [2.05, 4.69) is 24.1 Å². The van der Waals surface area contributed by atoms with Crippen LogP contribution in [0.25, 0.3) is 0 Å². The highest BCUT2D eigenvalue weighted by molar-refractivity contribution is 7.09. The fourth-order valence-corrected chi connectivity index (χ4v) is 3.32. The van der Waals surface area contributed by atoms with Gasteiger partial charge in [0.1, 0.15) is 0 Å². The van der Waals surface area contributed by atoms with Crippen molar-refractivity contribution in [3.63, 3.8) is 0 Å². The second-order valence-electron chi connectivity index (χ2n) is 4.98. The number of rotatable bonds is 4. The first-order valence-corrected chi connectivity index (χ1v) is 7.30. The summed E-state index contributed by atoms with van der Waals surface area (Å²) in [5.74, 6) is 0.879. The molecular weight excluding hydrogens is 216 g/mol. The van der Waals surface area contributed by atoms with Crippen molar-refractivity contribution >= 4 is 11.3 Å². The number of hydrogen-bond acceptors (Lipinski definition) is 3. The zero-order valence-corrected chi connectivity index (χ0v) is 11.1. The summed E-state index contributed by atoms with van der Waals surface area (Å²) in [6, 6.07) is 1.09. The van der Waals surface area contributed by atoms with Crippen molar-refractivity contribution in [1.82, 2.24) is 10.3 Å². The van der Waals surface area contributed by atoms with Crippen molar-refractivity contribution in [1.29, 1.82) is 0 Å². The summed E-state index contributed by atoms with van der Waals surface area (Å²) < 4.78 is 0. The molecular formula is C13H22N2S. The molecule has 16 heavy (non-hydrogen) atoms. The molecule has 1 heterocycles. The predicted molar refractivity (Wildman–Crippen MR) is 69.7 cm³/mol. The molecule has 1 N–H and O–H groups in total. The van der Waals surface area contributed by atoms with Gasteiger partial charge in [-0.15, -0.1) is 11.3 Å². The minimum Gasteiger partial charge on any atom is -0.307 e. The van der Waals surface area contributed by atoms with Crippen molar-refractivity contribution < 1.29 is 0 Å². The van der Waals surface area contributed by atoms with Crippen molar-refractivity contribution in [2.75, 3.05) is 0 Å². The predicted octanol–water partition coefficient (Wildman–Crippen LogP) is 3.76. The van der Waals surface area contributed by atoms with Crippen LogP contribution in [0.2, 0.25) is 0 Å². The van der Waals surface area contributed by atoms with Gasteiger partial charge < -0.3 is 5.32 Å². The van der Waals surface area contributed by atoms with E-state index < -0.39 is 0 Å². The summed E-state index contributed by atoms with van der Waals surface area (Å²) in [5.41, 5.74) is 1.92. The molecule has 1 fully saturated rings. The Morgan fingerprint density at radius 2 is 2.06 bits per heavy atom. The smallest absolute Gasteiger partial charge is 0.0794 e. The van der Waals surface area contributed by atoms with Crippen LogP contribution < -0.4 is 5.32 Å². The lowest BCUT2D eigenvalue weighted by molar-refractivity contribution is 0.269. The molecule has 90 valence electrons. The van der Waals surface area contributed by atoms with Gasteiger partial charge in [-0.2, -0.15) is 0 Å². The first-order valence-electron chi connectivity index (χ1n) is 6.42. The number of thiazole rings is 1. The molecule has 0 amide bonds. The van der Waals surface area contributed by atoms with Crippen LogP contribution in [-0.2, 0) is 0 Å². The molecule has 1 saturated carbocycles. The molecule has 1 aliphatic rings. The van der Waals surface area contributed by atoms with Gasteiger partial charge in [0.05, 0.1) is 5.51 Å². The van der Waals surface area contributed by atoms with Crippen molar-refractivity contribution in [3.8, 4) is 0 Å². The average molecular weight is 238 g/mol. The molecule has 2 rings (SSSR count). The van der Waals surface area contributed by atoms with Gasteiger partial charge in [0.25, 0.3) is 0 Å². The lowest BCUT2D eigenvalue weighted by Gasteiger charge is -2.30. The monoisotopic (exact) mass is 238 g/mol. The molecule has 2 nitrogen and oxygen atoms in total. The highest BCUT2D eigenvalue weighted by Gasteiger charge is 2.21. The van der Waals surface area contributed by atoms with E-state index in [1.807, 2.05) is 11.7 Å². The maximum atomic E-state index is 4.14. The molecule has 3 heteroatoms. The number of nitrogens with one attached hydrogen (secondary N) is 1. The maximum Gasteiger partial charge on any atom is 0.0794 e. The summed E-state index contributed by atoms with van der Waals surface area (Å²) in [6.07, 6.45) is 9.08. The van der Waals surface area contributed by atoms with Crippen molar-refractivity contribution in [2.24, 2.45) is 5.92 Å². The Balaban J connectivity index is 1.84. The molecule has 0 aliphatic heterocycles. The van der Waals surface area contributed by atoms with Gasteiger partial charge in [-0.05, 0) is 32.6 Å². The first-order chi connectivity index (χ1) is 7.77. The van der Waals surface area contributed by atoms with Crippen LogP contribution in [0.5, 0.6) is 0 Å². The van der Waals surface area contributed by atoms with Gasteiger partial charge >= 0.3 is 0 Å². The van der Waals surface area contributed by atoms with Crippen LogP contribution in [0.4, 0.5) is 0 Å². The van der Waals surface area contributed by atoms with E-state index in [0.717, 1.165) is 5.92 Å². The SMILES string of the molecule is CC(N[C@@H](C)C1CCCCC1)c1cncs1. The molecule has 2 atom stereocenters. The fraction of sp³-hybridized carbons (Fsp3) is 0.769. The fourth-order valence-electron chi connectivity index (χ4n) is 2.69. The molecule has 0 aromatic carbocycles. The van der Waals surface area contributed by atoms with Gasteiger partial charge in [-0.25, -0.2) is 0 Å². The van der Waals surface area contributed by atoms with Gasteiger partial charge in [0.2, 0.25) is 0 Å². The van der Waals surface area contributed by atoms with E-state index in [1.54, 1.807) is 11.3 Å². The molecule has 1 aromatic heterocycles.